The molecular formula is C14H13F3N2. The largest absolute Gasteiger partial charge is 0.416 e. The number of imidazole rings is 1. The highest BCUT2D eigenvalue weighted by Crippen LogP contribution is 2.62. The van der Waals surface area contributed by atoms with Crippen LogP contribution in [0.25, 0.3) is 11.0 Å². The number of H-pyrrole nitrogens is 1. The first-order valence-corrected chi connectivity index (χ1v) is 6.61. The first kappa shape index (κ1) is 11.3. The Balaban J connectivity index is 1.72. The van der Waals surface area contributed by atoms with Crippen molar-refractivity contribution in [2.24, 2.45) is 11.8 Å². The van der Waals surface area contributed by atoms with Crippen molar-refractivity contribution in [3.63, 3.8) is 0 Å². The lowest BCUT2D eigenvalue weighted by Crippen LogP contribution is -2.04. The monoisotopic (exact) mass is 266 g/mol. The molecule has 0 saturated heterocycles. The fourth-order valence-electron chi connectivity index (χ4n) is 3.59. The summed E-state index contributed by atoms with van der Waals surface area (Å²) < 4.78 is 37.9. The van der Waals surface area contributed by atoms with Crippen molar-refractivity contribution in [3.05, 3.63) is 29.6 Å². The fourth-order valence-corrected chi connectivity index (χ4v) is 3.59. The van der Waals surface area contributed by atoms with Crippen LogP contribution < -0.4 is 0 Å². The lowest BCUT2D eigenvalue weighted by Gasteiger charge is -2.05. The van der Waals surface area contributed by atoms with E-state index < -0.39 is 11.7 Å². The molecule has 2 aliphatic carbocycles. The van der Waals surface area contributed by atoms with Crippen LogP contribution in [-0.2, 0) is 6.18 Å². The first-order chi connectivity index (χ1) is 9.04. The summed E-state index contributed by atoms with van der Waals surface area (Å²) in [7, 11) is 0. The summed E-state index contributed by atoms with van der Waals surface area (Å²) >= 11 is 0. The Morgan fingerprint density at radius 1 is 1.16 bits per heavy atom. The van der Waals surface area contributed by atoms with E-state index in [4.69, 9.17) is 0 Å². The normalized spacial score (nSPS) is 29.7. The van der Waals surface area contributed by atoms with Crippen molar-refractivity contribution in [1.29, 1.82) is 0 Å². The second-order valence-electron chi connectivity index (χ2n) is 5.64. The van der Waals surface area contributed by atoms with Crippen LogP contribution in [0.5, 0.6) is 0 Å². The molecule has 0 spiro atoms. The number of halogens is 3. The Bertz CT molecular complexity index is 634. The summed E-state index contributed by atoms with van der Waals surface area (Å²) in [5.74, 6) is 2.75. The van der Waals surface area contributed by atoms with E-state index in [1.807, 2.05) is 0 Å². The highest BCUT2D eigenvalue weighted by Gasteiger charge is 2.54. The Morgan fingerprint density at radius 3 is 2.58 bits per heavy atom. The Labute approximate surface area is 108 Å². The van der Waals surface area contributed by atoms with Crippen molar-refractivity contribution in [2.75, 3.05) is 0 Å². The van der Waals surface area contributed by atoms with Crippen molar-refractivity contribution in [1.82, 2.24) is 9.97 Å². The molecule has 2 unspecified atom stereocenters. The summed E-state index contributed by atoms with van der Waals surface area (Å²) in [5, 5.41) is 0. The molecule has 1 aromatic heterocycles. The van der Waals surface area contributed by atoms with Crippen LogP contribution in [0.4, 0.5) is 13.2 Å². The van der Waals surface area contributed by atoms with E-state index in [1.165, 1.54) is 25.3 Å². The van der Waals surface area contributed by atoms with Gasteiger partial charge in [0.25, 0.3) is 0 Å². The predicted octanol–water partition coefficient (Wildman–Crippen LogP) is 4.10. The summed E-state index contributed by atoms with van der Waals surface area (Å²) in [4.78, 5) is 7.54. The van der Waals surface area contributed by atoms with Crippen LogP contribution in [0.3, 0.4) is 0 Å². The van der Waals surface area contributed by atoms with E-state index in [9.17, 15) is 13.2 Å². The van der Waals surface area contributed by atoms with Crippen LogP contribution in [0, 0.1) is 11.8 Å². The molecule has 1 aromatic carbocycles. The zero-order valence-corrected chi connectivity index (χ0v) is 10.2. The van der Waals surface area contributed by atoms with E-state index in [0.29, 0.717) is 28.8 Å². The zero-order valence-electron chi connectivity index (χ0n) is 10.2. The van der Waals surface area contributed by atoms with Gasteiger partial charge in [-0.1, -0.05) is 6.42 Å². The maximum Gasteiger partial charge on any atom is 0.416 e. The number of rotatable bonds is 1. The van der Waals surface area contributed by atoms with Gasteiger partial charge in [0.1, 0.15) is 5.82 Å². The van der Waals surface area contributed by atoms with Gasteiger partial charge in [-0.25, -0.2) is 4.98 Å². The molecule has 1 heterocycles. The van der Waals surface area contributed by atoms with E-state index in [0.717, 1.165) is 18.0 Å². The topological polar surface area (TPSA) is 28.7 Å². The van der Waals surface area contributed by atoms with Gasteiger partial charge in [-0.2, -0.15) is 13.2 Å². The average Bonchev–Trinajstić information content (AvgIpc) is 2.78. The first-order valence-electron chi connectivity index (χ1n) is 6.61. The van der Waals surface area contributed by atoms with Gasteiger partial charge in [0.15, 0.2) is 0 Å². The maximum atomic E-state index is 12.6. The van der Waals surface area contributed by atoms with E-state index >= 15 is 0 Å². The molecule has 2 fully saturated rings. The van der Waals surface area contributed by atoms with Gasteiger partial charge in [-0.3, -0.25) is 0 Å². The van der Waals surface area contributed by atoms with Gasteiger partial charge in [0.2, 0.25) is 0 Å². The highest BCUT2D eigenvalue weighted by atomic mass is 19.4. The van der Waals surface area contributed by atoms with Crippen LogP contribution >= 0.6 is 0 Å². The second kappa shape index (κ2) is 3.52. The van der Waals surface area contributed by atoms with E-state index in [2.05, 4.69) is 9.97 Å². The molecule has 4 rings (SSSR count). The summed E-state index contributed by atoms with van der Waals surface area (Å²) in [6.45, 7) is 0. The molecule has 0 aliphatic heterocycles. The molecule has 0 bridgehead atoms. The van der Waals surface area contributed by atoms with Gasteiger partial charge in [-0.15, -0.1) is 0 Å². The molecule has 100 valence electrons. The summed E-state index contributed by atoms with van der Waals surface area (Å²) in [5.41, 5.74) is 0.508. The highest BCUT2D eigenvalue weighted by molar-refractivity contribution is 5.76. The maximum absolute atomic E-state index is 12.6. The molecule has 2 atom stereocenters. The minimum absolute atomic E-state index is 0.454. The molecule has 0 radical (unpaired) electrons. The number of nitrogens with one attached hydrogen (secondary N) is 1. The Kier molecular flexibility index (Phi) is 2.10. The van der Waals surface area contributed by atoms with Crippen molar-refractivity contribution < 1.29 is 13.2 Å². The zero-order chi connectivity index (χ0) is 13.2. The van der Waals surface area contributed by atoms with Gasteiger partial charge >= 0.3 is 6.18 Å². The molecule has 19 heavy (non-hydrogen) atoms. The summed E-state index contributed by atoms with van der Waals surface area (Å²) in [6, 6.07) is 3.71. The quantitative estimate of drug-likeness (QED) is 0.827. The predicted molar refractivity (Wildman–Crippen MR) is 64.7 cm³/mol. The van der Waals surface area contributed by atoms with Crippen LogP contribution in [-0.4, -0.2) is 9.97 Å². The number of hydrogen-bond acceptors (Lipinski definition) is 1. The molecule has 2 aliphatic rings. The lowest BCUT2D eigenvalue weighted by molar-refractivity contribution is -0.137. The number of alkyl halides is 3. The number of aromatic nitrogens is 2. The standard InChI is InChI=1S/C14H13F3N2/c15-14(16,17)7-4-5-10-11(6-7)19-13(18-10)12-8-2-1-3-9(8)12/h4-6,8-9,12H,1-3H2,(H,18,19). The number of aromatic amines is 1. The number of hydrogen-bond donors (Lipinski definition) is 1. The van der Waals surface area contributed by atoms with Gasteiger partial charge < -0.3 is 4.98 Å². The van der Waals surface area contributed by atoms with Crippen LogP contribution in [0.15, 0.2) is 18.2 Å². The molecule has 2 aromatic rings. The SMILES string of the molecule is FC(F)(F)c1ccc2nc(C3C4CCCC43)[nH]c2c1. The third-order valence-electron chi connectivity index (χ3n) is 4.55. The fraction of sp³-hybridized carbons (Fsp3) is 0.500. The van der Waals surface area contributed by atoms with Gasteiger partial charge in [0, 0.05) is 5.92 Å². The second-order valence-corrected chi connectivity index (χ2v) is 5.64. The Morgan fingerprint density at radius 2 is 1.89 bits per heavy atom. The molecular weight excluding hydrogens is 253 g/mol. The lowest BCUT2D eigenvalue weighted by atomic mass is 10.1. The van der Waals surface area contributed by atoms with Gasteiger partial charge in [-0.05, 0) is 42.9 Å². The van der Waals surface area contributed by atoms with Crippen LogP contribution in [0.1, 0.15) is 36.6 Å². The van der Waals surface area contributed by atoms with Crippen molar-refractivity contribution in [3.8, 4) is 0 Å². The third-order valence-corrected chi connectivity index (χ3v) is 4.55. The van der Waals surface area contributed by atoms with Crippen LogP contribution in [0.2, 0.25) is 0 Å². The molecule has 5 heteroatoms. The molecule has 2 nitrogen and oxygen atoms in total. The average molecular weight is 266 g/mol. The van der Waals surface area contributed by atoms with E-state index in [-0.39, 0.29) is 0 Å². The smallest absolute Gasteiger partial charge is 0.342 e. The van der Waals surface area contributed by atoms with Crippen molar-refractivity contribution >= 4 is 11.0 Å². The number of fused-ring (bicyclic) bond motifs is 2. The molecule has 2 saturated carbocycles. The minimum atomic E-state index is -4.30. The number of nitrogens with zero attached hydrogens (tertiary/aromatic N) is 1. The minimum Gasteiger partial charge on any atom is -0.342 e. The third kappa shape index (κ3) is 1.67. The van der Waals surface area contributed by atoms with E-state index in [1.54, 1.807) is 0 Å². The molecule has 1 N–H and O–H groups in total. The Hall–Kier alpha value is -1.52. The molecule has 0 amide bonds. The van der Waals surface area contributed by atoms with Crippen molar-refractivity contribution in [2.45, 2.75) is 31.4 Å². The van der Waals surface area contributed by atoms with Gasteiger partial charge in [0.05, 0.1) is 16.6 Å². The summed E-state index contributed by atoms with van der Waals surface area (Å²) in [6.07, 6.45) is -0.541. The number of benzene rings is 1.